The normalized spacial score (nSPS) is 11.5. The Morgan fingerprint density at radius 2 is 1.76 bits per heavy atom. The molecule has 29 heavy (non-hydrogen) atoms. The van der Waals surface area contributed by atoms with Crippen molar-refractivity contribution in [2.75, 3.05) is 0 Å². The van der Waals surface area contributed by atoms with Crippen molar-refractivity contribution in [3.05, 3.63) is 88.5 Å². The van der Waals surface area contributed by atoms with E-state index in [2.05, 4.69) is 31.5 Å². The van der Waals surface area contributed by atoms with E-state index in [1.54, 1.807) is 25.3 Å². The molecule has 2 aromatic carbocycles. The molecule has 0 aliphatic rings. The molecule has 148 valence electrons. The summed E-state index contributed by atoms with van der Waals surface area (Å²) in [4.78, 5) is 30.2. The van der Waals surface area contributed by atoms with Crippen molar-refractivity contribution in [2.45, 2.75) is 29.4 Å². The number of pyridine rings is 1. The second kappa shape index (κ2) is 10.2. The third-order valence-corrected chi connectivity index (χ3v) is 5.59. The molecule has 0 aliphatic heterocycles. The Balaban J connectivity index is 1.62. The topological polar surface area (TPSA) is 71.1 Å². The lowest BCUT2D eigenvalue weighted by molar-refractivity contribution is -0.122. The quantitative estimate of drug-likeness (QED) is 0.536. The molecule has 1 unspecified atom stereocenters. The molecule has 1 aromatic heterocycles. The molecule has 0 spiro atoms. The number of amides is 2. The van der Waals surface area contributed by atoms with Gasteiger partial charge in [-0.1, -0.05) is 54.2 Å². The third kappa shape index (κ3) is 6.17. The van der Waals surface area contributed by atoms with E-state index in [1.807, 2.05) is 54.6 Å². The molecule has 2 amide bonds. The standard InChI is InChI=1S/C22H20BrN3O2S/c1-15(21(27)25-13-16-7-3-2-4-8-16)26-22(28)18-9-5-6-10-19(18)29-20-12-11-17(23)14-24-20/h2-12,14-15H,13H2,1H3,(H,25,27)(H,26,28). The number of benzene rings is 2. The van der Waals surface area contributed by atoms with E-state index in [9.17, 15) is 9.59 Å². The van der Waals surface area contributed by atoms with E-state index in [-0.39, 0.29) is 11.8 Å². The fraction of sp³-hybridized carbons (Fsp3) is 0.136. The van der Waals surface area contributed by atoms with Crippen LogP contribution in [0.4, 0.5) is 0 Å². The van der Waals surface area contributed by atoms with Gasteiger partial charge < -0.3 is 10.6 Å². The predicted octanol–water partition coefficient (Wildman–Crippen LogP) is 4.43. The summed E-state index contributed by atoms with van der Waals surface area (Å²) in [7, 11) is 0. The van der Waals surface area contributed by atoms with Crippen molar-refractivity contribution < 1.29 is 9.59 Å². The molecule has 0 aliphatic carbocycles. The molecule has 0 radical (unpaired) electrons. The number of hydrogen-bond acceptors (Lipinski definition) is 4. The first-order chi connectivity index (χ1) is 14.0. The Bertz CT molecular complexity index is 981. The second-order valence-electron chi connectivity index (χ2n) is 6.31. The van der Waals surface area contributed by atoms with Crippen molar-refractivity contribution in [3.8, 4) is 0 Å². The number of nitrogens with zero attached hydrogens (tertiary/aromatic N) is 1. The summed E-state index contributed by atoms with van der Waals surface area (Å²) < 4.78 is 0.892. The van der Waals surface area contributed by atoms with Gasteiger partial charge in [0.15, 0.2) is 0 Å². The third-order valence-electron chi connectivity index (χ3n) is 4.10. The minimum Gasteiger partial charge on any atom is -0.350 e. The SMILES string of the molecule is CC(NC(=O)c1ccccc1Sc1ccc(Br)cn1)C(=O)NCc1ccccc1. The fourth-order valence-corrected chi connectivity index (χ4v) is 3.68. The van der Waals surface area contributed by atoms with E-state index < -0.39 is 6.04 Å². The Hall–Kier alpha value is -2.64. The van der Waals surface area contributed by atoms with Gasteiger partial charge in [-0.25, -0.2) is 4.98 Å². The second-order valence-corrected chi connectivity index (χ2v) is 8.29. The lowest BCUT2D eigenvalue weighted by Gasteiger charge is -2.15. The smallest absolute Gasteiger partial charge is 0.253 e. The summed E-state index contributed by atoms with van der Waals surface area (Å²) in [5, 5.41) is 6.40. The molecule has 3 rings (SSSR count). The molecule has 0 fully saturated rings. The molecular formula is C22H20BrN3O2S. The molecule has 3 aromatic rings. The van der Waals surface area contributed by atoms with Crippen LogP contribution in [-0.4, -0.2) is 22.8 Å². The number of carbonyl (C=O) groups excluding carboxylic acids is 2. The van der Waals surface area contributed by atoms with Crippen LogP contribution in [0.3, 0.4) is 0 Å². The molecule has 7 heteroatoms. The lowest BCUT2D eigenvalue weighted by Crippen LogP contribution is -2.44. The zero-order chi connectivity index (χ0) is 20.6. The van der Waals surface area contributed by atoms with Gasteiger partial charge >= 0.3 is 0 Å². The van der Waals surface area contributed by atoms with Crippen LogP contribution in [-0.2, 0) is 11.3 Å². The van der Waals surface area contributed by atoms with Crippen molar-refractivity contribution >= 4 is 39.5 Å². The predicted molar refractivity (Wildman–Crippen MR) is 118 cm³/mol. The van der Waals surface area contributed by atoms with E-state index in [0.717, 1.165) is 20.0 Å². The van der Waals surface area contributed by atoms with Gasteiger partial charge in [0.05, 0.1) is 5.56 Å². The lowest BCUT2D eigenvalue weighted by atomic mass is 10.2. The summed E-state index contributed by atoms with van der Waals surface area (Å²) in [5.41, 5.74) is 1.51. The average molecular weight is 470 g/mol. The molecule has 0 saturated heterocycles. The Kier molecular flexibility index (Phi) is 7.43. The van der Waals surface area contributed by atoms with Gasteiger partial charge in [0.2, 0.25) is 5.91 Å². The van der Waals surface area contributed by atoms with Gasteiger partial charge in [-0.05, 0) is 52.7 Å². The largest absolute Gasteiger partial charge is 0.350 e. The highest BCUT2D eigenvalue weighted by Gasteiger charge is 2.19. The summed E-state index contributed by atoms with van der Waals surface area (Å²) >= 11 is 4.76. The first kappa shape index (κ1) is 21.1. The Morgan fingerprint density at radius 1 is 1.03 bits per heavy atom. The van der Waals surface area contributed by atoms with Crippen LogP contribution in [0, 0.1) is 0 Å². The van der Waals surface area contributed by atoms with Crippen LogP contribution in [0.2, 0.25) is 0 Å². The zero-order valence-corrected chi connectivity index (χ0v) is 18.2. The van der Waals surface area contributed by atoms with Crippen LogP contribution in [0.15, 0.2) is 87.3 Å². The fourth-order valence-electron chi connectivity index (χ4n) is 2.56. The van der Waals surface area contributed by atoms with Crippen molar-refractivity contribution in [2.24, 2.45) is 0 Å². The molecular weight excluding hydrogens is 450 g/mol. The van der Waals surface area contributed by atoms with Crippen LogP contribution >= 0.6 is 27.7 Å². The number of hydrogen-bond donors (Lipinski definition) is 2. The number of nitrogens with one attached hydrogen (secondary N) is 2. The van der Waals surface area contributed by atoms with Gasteiger partial charge in [-0.2, -0.15) is 0 Å². The van der Waals surface area contributed by atoms with Gasteiger partial charge in [0, 0.05) is 22.1 Å². The molecule has 1 atom stereocenters. The number of halogens is 1. The maximum Gasteiger partial charge on any atom is 0.253 e. The maximum absolute atomic E-state index is 12.8. The van der Waals surface area contributed by atoms with Gasteiger partial charge in [-0.3, -0.25) is 9.59 Å². The highest BCUT2D eigenvalue weighted by molar-refractivity contribution is 9.10. The minimum absolute atomic E-state index is 0.234. The van der Waals surface area contributed by atoms with E-state index in [1.165, 1.54) is 11.8 Å². The molecule has 0 saturated carbocycles. The highest BCUT2D eigenvalue weighted by Crippen LogP contribution is 2.29. The van der Waals surface area contributed by atoms with Crippen LogP contribution in [0.25, 0.3) is 0 Å². The van der Waals surface area contributed by atoms with Gasteiger partial charge in [-0.15, -0.1) is 0 Å². The molecule has 5 nitrogen and oxygen atoms in total. The first-order valence-corrected chi connectivity index (χ1v) is 10.6. The summed E-state index contributed by atoms with van der Waals surface area (Å²) in [6.07, 6.45) is 1.71. The van der Waals surface area contributed by atoms with E-state index in [4.69, 9.17) is 0 Å². The van der Waals surface area contributed by atoms with Gasteiger partial charge in [0.1, 0.15) is 11.1 Å². The van der Waals surface area contributed by atoms with Crippen LogP contribution < -0.4 is 10.6 Å². The van der Waals surface area contributed by atoms with E-state index in [0.29, 0.717) is 12.1 Å². The highest BCUT2D eigenvalue weighted by atomic mass is 79.9. The van der Waals surface area contributed by atoms with Crippen LogP contribution in [0.5, 0.6) is 0 Å². The van der Waals surface area contributed by atoms with E-state index >= 15 is 0 Å². The molecule has 1 heterocycles. The zero-order valence-electron chi connectivity index (χ0n) is 15.8. The molecule has 2 N–H and O–H groups in total. The van der Waals surface area contributed by atoms with Crippen molar-refractivity contribution in [3.63, 3.8) is 0 Å². The summed E-state index contributed by atoms with van der Waals surface area (Å²) in [6, 6.07) is 20.0. The first-order valence-electron chi connectivity index (χ1n) is 9.04. The number of rotatable bonds is 7. The Labute approximate surface area is 182 Å². The van der Waals surface area contributed by atoms with Crippen LogP contribution in [0.1, 0.15) is 22.8 Å². The Morgan fingerprint density at radius 3 is 2.48 bits per heavy atom. The monoisotopic (exact) mass is 469 g/mol. The van der Waals surface area contributed by atoms with Gasteiger partial charge in [0.25, 0.3) is 5.91 Å². The summed E-state index contributed by atoms with van der Waals surface area (Å²) in [5.74, 6) is -0.533. The maximum atomic E-state index is 12.8. The summed E-state index contributed by atoms with van der Waals surface area (Å²) in [6.45, 7) is 2.09. The van der Waals surface area contributed by atoms with Crippen molar-refractivity contribution in [1.82, 2.24) is 15.6 Å². The average Bonchev–Trinajstić information content (AvgIpc) is 2.74. The molecule has 0 bridgehead atoms. The number of aromatic nitrogens is 1. The number of carbonyl (C=O) groups is 2. The van der Waals surface area contributed by atoms with Crippen molar-refractivity contribution in [1.29, 1.82) is 0 Å². The minimum atomic E-state index is -0.657.